The van der Waals surface area contributed by atoms with Crippen molar-refractivity contribution in [2.24, 2.45) is 0 Å². The van der Waals surface area contributed by atoms with Crippen molar-refractivity contribution in [1.29, 1.82) is 0 Å². The predicted molar refractivity (Wildman–Crippen MR) is 89.8 cm³/mol. The summed E-state index contributed by atoms with van der Waals surface area (Å²) in [5, 5.41) is 5.59. The van der Waals surface area contributed by atoms with E-state index in [4.69, 9.17) is 16.3 Å². The molecular weight excluding hydrogens is 316 g/mol. The summed E-state index contributed by atoms with van der Waals surface area (Å²) in [6.45, 7) is 2.40. The lowest BCUT2D eigenvalue weighted by Gasteiger charge is -2.08. The highest BCUT2D eigenvalue weighted by atomic mass is 35.5. The topological polar surface area (TPSA) is 67.4 Å². The van der Waals surface area contributed by atoms with Crippen LogP contribution >= 0.6 is 11.6 Å². The fourth-order valence-electron chi connectivity index (χ4n) is 1.80. The maximum Gasteiger partial charge on any atom is 0.313 e. The minimum atomic E-state index is -0.711. The largest absolute Gasteiger partial charge is 0.492 e. The van der Waals surface area contributed by atoms with Gasteiger partial charge in [-0.1, -0.05) is 35.4 Å². The van der Waals surface area contributed by atoms with Crippen LogP contribution in [0.5, 0.6) is 5.75 Å². The van der Waals surface area contributed by atoms with Crippen molar-refractivity contribution < 1.29 is 14.3 Å². The Kier molecular flexibility index (Phi) is 6.00. The molecule has 2 amide bonds. The van der Waals surface area contributed by atoms with E-state index >= 15 is 0 Å². The van der Waals surface area contributed by atoms with Crippen molar-refractivity contribution in [2.75, 3.05) is 18.5 Å². The number of hydrogen-bond donors (Lipinski definition) is 2. The van der Waals surface area contributed by atoms with Crippen LogP contribution in [0.15, 0.2) is 48.5 Å². The maximum atomic E-state index is 11.7. The number of anilines is 1. The Balaban J connectivity index is 1.71. The molecule has 0 aliphatic heterocycles. The number of halogens is 1. The van der Waals surface area contributed by atoms with Crippen molar-refractivity contribution in [3.05, 3.63) is 59.1 Å². The van der Waals surface area contributed by atoms with Gasteiger partial charge < -0.3 is 15.4 Å². The SMILES string of the molecule is Cc1ccc(NC(=O)C(=O)NCCOc2cccc(Cl)c2)cc1. The molecule has 2 aromatic rings. The summed E-state index contributed by atoms with van der Waals surface area (Å²) < 4.78 is 5.42. The maximum absolute atomic E-state index is 11.7. The third-order valence-corrected chi connectivity index (χ3v) is 3.20. The quantitative estimate of drug-likeness (QED) is 0.653. The van der Waals surface area contributed by atoms with Crippen LogP contribution in [0.3, 0.4) is 0 Å². The molecule has 2 aromatic carbocycles. The Morgan fingerprint density at radius 3 is 2.52 bits per heavy atom. The standard InChI is InChI=1S/C17H17ClN2O3/c1-12-5-7-14(8-6-12)20-17(22)16(21)19-9-10-23-15-4-2-3-13(18)11-15/h2-8,11H,9-10H2,1H3,(H,19,21)(H,20,22). The Morgan fingerprint density at radius 2 is 1.83 bits per heavy atom. The fourth-order valence-corrected chi connectivity index (χ4v) is 1.98. The Bertz CT molecular complexity index is 686. The van der Waals surface area contributed by atoms with Gasteiger partial charge in [0.1, 0.15) is 12.4 Å². The summed E-state index contributed by atoms with van der Waals surface area (Å²) >= 11 is 5.83. The summed E-state index contributed by atoms with van der Waals surface area (Å²) in [6, 6.07) is 14.1. The molecule has 0 radical (unpaired) electrons. The molecule has 2 N–H and O–H groups in total. The van der Waals surface area contributed by atoms with Crippen LogP contribution in [0.2, 0.25) is 5.02 Å². The number of carbonyl (C=O) groups excluding carboxylic acids is 2. The van der Waals surface area contributed by atoms with E-state index in [-0.39, 0.29) is 13.2 Å². The van der Waals surface area contributed by atoms with Gasteiger partial charge in [0.25, 0.3) is 0 Å². The molecule has 0 aliphatic carbocycles. The molecule has 0 unspecified atom stereocenters. The van der Waals surface area contributed by atoms with E-state index in [1.807, 2.05) is 19.1 Å². The van der Waals surface area contributed by atoms with Crippen LogP contribution in [0.4, 0.5) is 5.69 Å². The van der Waals surface area contributed by atoms with Crippen LogP contribution in [0, 0.1) is 6.92 Å². The van der Waals surface area contributed by atoms with Crippen molar-refractivity contribution in [1.82, 2.24) is 5.32 Å². The molecule has 23 heavy (non-hydrogen) atoms. The highest BCUT2D eigenvalue weighted by Gasteiger charge is 2.12. The summed E-state index contributed by atoms with van der Waals surface area (Å²) in [4.78, 5) is 23.4. The Hall–Kier alpha value is -2.53. The van der Waals surface area contributed by atoms with Crippen LogP contribution in [-0.4, -0.2) is 25.0 Å². The third-order valence-electron chi connectivity index (χ3n) is 2.97. The van der Waals surface area contributed by atoms with Gasteiger partial charge in [0, 0.05) is 10.7 Å². The molecule has 0 saturated heterocycles. The smallest absolute Gasteiger partial charge is 0.313 e. The average Bonchev–Trinajstić information content (AvgIpc) is 2.53. The van der Waals surface area contributed by atoms with E-state index in [2.05, 4.69) is 10.6 Å². The number of nitrogens with one attached hydrogen (secondary N) is 2. The minimum absolute atomic E-state index is 0.215. The molecule has 2 rings (SSSR count). The zero-order valence-corrected chi connectivity index (χ0v) is 13.4. The molecule has 0 aromatic heterocycles. The molecule has 6 heteroatoms. The molecule has 0 heterocycles. The number of ether oxygens (including phenoxy) is 1. The van der Waals surface area contributed by atoms with Gasteiger partial charge in [0.15, 0.2) is 0 Å². The number of aryl methyl sites for hydroxylation is 1. The molecule has 0 bridgehead atoms. The minimum Gasteiger partial charge on any atom is -0.492 e. The van der Waals surface area contributed by atoms with Crippen LogP contribution < -0.4 is 15.4 Å². The first-order valence-corrected chi connectivity index (χ1v) is 7.46. The second-order valence-corrected chi connectivity index (χ2v) is 5.32. The Labute approximate surface area is 139 Å². The summed E-state index contributed by atoms with van der Waals surface area (Å²) in [7, 11) is 0. The van der Waals surface area contributed by atoms with Gasteiger partial charge in [0.2, 0.25) is 0 Å². The van der Waals surface area contributed by atoms with Gasteiger partial charge in [-0.3, -0.25) is 9.59 Å². The van der Waals surface area contributed by atoms with Crippen LogP contribution in [0.25, 0.3) is 0 Å². The molecule has 0 atom stereocenters. The molecular formula is C17H17ClN2O3. The first-order chi connectivity index (χ1) is 11.0. The van der Waals surface area contributed by atoms with E-state index in [1.165, 1.54) is 0 Å². The van der Waals surface area contributed by atoms with E-state index in [9.17, 15) is 9.59 Å². The van der Waals surface area contributed by atoms with Gasteiger partial charge >= 0.3 is 11.8 Å². The molecule has 0 aliphatic rings. The number of rotatable bonds is 5. The van der Waals surface area contributed by atoms with Gasteiger partial charge in [0.05, 0.1) is 6.54 Å². The summed E-state index contributed by atoms with van der Waals surface area (Å²) in [5.41, 5.74) is 1.65. The molecule has 0 fully saturated rings. The van der Waals surface area contributed by atoms with Crippen molar-refractivity contribution in [2.45, 2.75) is 6.92 Å². The molecule has 0 saturated carbocycles. The van der Waals surface area contributed by atoms with E-state index in [1.54, 1.807) is 36.4 Å². The van der Waals surface area contributed by atoms with Gasteiger partial charge in [-0.2, -0.15) is 0 Å². The lowest BCUT2D eigenvalue weighted by molar-refractivity contribution is -0.136. The lowest BCUT2D eigenvalue weighted by Crippen LogP contribution is -2.37. The zero-order valence-electron chi connectivity index (χ0n) is 12.6. The molecule has 5 nitrogen and oxygen atoms in total. The van der Waals surface area contributed by atoms with Crippen LogP contribution in [-0.2, 0) is 9.59 Å². The van der Waals surface area contributed by atoms with Gasteiger partial charge in [-0.15, -0.1) is 0 Å². The highest BCUT2D eigenvalue weighted by molar-refractivity contribution is 6.39. The molecule has 120 valence electrons. The average molecular weight is 333 g/mol. The fraction of sp³-hybridized carbons (Fsp3) is 0.176. The number of hydrogen-bond acceptors (Lipinski definition) is 3. The second kappa shape index (κ2) is 8.19. The normalized spacial score (nSPS) is 10.0. The van der Waals surface area contributed by atoms with Crippen molar-refractivity contribution in [3.8, 4) is 5.75 Å². The van der Waals surface area contributed by atoms with Crippen LogP contribution in [0.1, 0.15) is 5.56 Å². The van der Waals surface area contributed by atoms with E-state index < -0.39 is 11.8 Å². The van der Waals surface area contributed by atoms with Gasteiger partial charge in [-0.05, 0) is 37.3 Å². The van der Waals surface area contributed by atoms with Crippen molar-refractivity contribution in [3.63, 3.8) is 0 Å². The summed E-state index contributed by atoms with van der Waals surface area (Å²) in [6.07, 6.45) is 0. The van der Waals surface area contributed by atoms with Gasteiger partial charge in [-0.25, -0.2) is 0 Å². The first-order valence-electron chi connectivity index (χ1n) is 7.09. The number of carbonyl (C=O) groups is 2. The first kappa shape index (κ1) is 16.8. The number of amides is 2. The second-order valence-electron chi connectivity index (χ2n) is 4.88. The predicted octanol–water partition coefficient (Wildman–Crippen LogP) is 2.78. The Morgan fingerprint density at radius 1 is 1.09 bits per heavy atom. The third kappa shape index (κ3) is 5.64. The van der Waals surface area contributed by atoms with E-state index in [0.29, 0.717) is 16.5 Å². The lowest BCUT2D eigenvalue weighted by atomic mass is 10.2. The summed E-state index contributed by atoms with van der Waals surface area (Å²) in [5.74, 6) is -0.812. The zero-order chi connectivity index (χ0) is 16.7. The monoisotopic (exact) mass is 332 g/mol. The molecule has 0 spiro atoms. The van der Waals surface area contributed by atoms with E-state index in [0.717, 1.165) is 5.56 Å². The number of benzene rings is 2. The van der Waals surface area contributed by atoms with Crippen molar-refractivity contribution >= 4 is 29.1 Å². The highest BCUT2D eigenvalue weighted by Crippen LogP contribution is 2.16.